The van der Waals surface area contributed by atoms with Crippen LogP contribution < -0.4 is 0 Å². The number of amides is 1. The minimum absolute atomic E-state index is 0.328. The number of carbonyl (C=O) groups excluding carboxylic acids is 2. The van der Waals surface area contributed by atoms with E-state index in [-0.39, 0.29) is 0 Å². The zero-order valence-corrected chi connectivity index (χ0v) is 12.2. The van der Waals surface area contributed by atoms with Crippen LogP contribution in [0.2, 0.25) is 4.47 Å². The van der Waals surface area contributed by atoms with E-state index < -0.39 is 17.7 Å². The summed E-state index contributed by atoms with van der Waals surface area (Å²) in [5.74, 6) is 0. The van der Waals surface area contributed by atoms with Gasteiger partial charge in [-0.25, -0.2) is 9.78 Å². The predicted octanol–water partition coefficient (Wildman–Crippen LogP) is 2.90. The number of rotatable bonds is 3. The molecule has 0 aliphatic rings. The van der Waals surface area contributed by atoms with Crippen LogP contribution >= 0.6 is 22.9 Å². The van der Waals surface area contributed by atoms with Gasteiger partial charge in [0.2, 0.25) is 0 Å². The smallest absolute Gasteiger partial charge is 0.410 e. The maximum absolute atomic E-state index is 11.8. The van der Waals surface area contributed by atoms with Crippen LogP contribution in [-0.4, -0.2) is 34.9 Å². The fraction of sp³-hybridized carbons (Fsp3) is 0.545. The number of nitrogens with zero attached hydrogens (tertiary/aromatic N) is 2. The lowest BCUT2D eigenvalue weighted by Gasteiger charge is -2.27. The van der Waals surface area contributed by atoms with Crippen LogP contribution in [0.15, 0.2) is 6.20 Å². The summed E-state index contributed by atoms with van der Waals surface area (Å²) in [6, 6.07) is -0.732. The summed E-state index contributed by atoms with van der Waals surface area (Å²) < 4.78 is 5.52. The average molecular weight is 291 g/mol. The highest BCUT2D eigenvalue weighted by molar-refractivity contribution is 7.15. The van der Waals surface area contributed by atoms with Crippen molar-refractivity contribution >= 4 is 35.3 Å². The monoisotopic (exact) mass is 290 g/mol. The second kappa shape index (κ2) is 5.67. The molecule has 0 fully saturated rings. The Morgan fingerprint density at radius 3 is 2.61 bits per heavy atom. The van der Waals surface area contributed by atoms with E-state index in [1.807, 2.05) is 0 Å². The van der Waals surface area contributed by atoms with Crippen molar-refractivity contribution in [3.05, 3.63) is 15.5 Å². The minimum Gasteiger partial charge on any atom is -0.444 e. The van der Waals surface area contributed by atoms with Crippen LogP contribution in [0.5, 0.6) is 0 Å². The third kappa shape index (κ3) is 3.96. The largest absolute Gasteiger partial charge is 0.444 e. The first-order chi connectivity index (χ1) is 8.24. The summed E-state index contributed by atoms with van der Waals surface area (Å²) >= 11 is 6.87. The molecule has 0 aromatic carbocycles. The Balaban J connectivity index is 2.83. The fourth-order valence-corrected chi connectivity index (χ4v) is 2.25. The molecule has 1 aromatic heterocycles. The topological polar surface area (TPSA) is 59.5 Å². The molecule has 1 amide bonds. The van der Waals surface area contributed by atoms with Crippen LogP contribution in [0.1, 0.15) is 31.7 Å². The van der Waals surface area contributed by atoms with Crippen molar-refractivity contribution in [1.29, 1.82) is 0 Å². The summed E-state index contributed by atoms with van der Waals surface area (Å²) in [5, 5.41) is 0. The van der Waals surface area contributed by atoms with Gasteiger partial charge in [-0.2, -0.15) is 0 Å². The van der Waals surface area contributed by atoms with Crippen LogP contribution in [0, 0.1) is 0 Å². The Labute approximate surface area is 115 Å². The maximum Gasteiger partial charge on any atom is 0.410 e. The summed E-state index contributed by atoms with van der Waals surface area (Å²) in [6.07, 6.45) is 1.57. The summed E-state index contributed by atoms with van der Waals surface area (Å²) in [5.41, 5.74) is -0.607. The normalized spacial score (nSPS) is 12.9. The molecule has 1 rings (SSSR count). The molecular weight excluding hydrogens is 276 g/mol. The highest BCUT2D eigenvalue weighted by atomic mass is 35.5. The average Bonchev–Trinajstić information content (AvgIpc) is 2.63. The molecule has 5 nitrogen and oxygen atoms in total. The van der Waals surface area contributed by atoms with Gasteiger partial charge in [0.05, 0.1) is 4.88 Å². The number of hydrogen-bond donors (Lipinski definition) is 0. The number of thiazole rings is 1. The van der Waals surface area contributed by atoms with Crippen molar-refractivity contribution in [3.8, 4) is 0 Å². The first kappa shape index (κ1) is 14.9. The molecular formula is C11H15ClN2O3S. The lowest BCUT2D eigenvalue weighted by molar-refractivity contribution is -0.112. The van der Waals surface area contributed by atoms with E-state index >= 15 is 0 Å². The fourth-order valence-electron chi connectivity index (χ4n) is 1.20. The number of carbonyl (C=O) groups is 2. The molecule has 1 aromatic rings. The maximum atomic E-state index is 11.8. The molecule has 0 saturated carbocycles. The highest BCUT2D eigenvalue weighted by Gasteiger charge is 2.27. The molecule has 1 atom stereocenters. The zero-order valence-electron chi connectivity index (χ0n) is 10.6. The Morgan fingerprint density at radius 1 is 1.61 bits per heavy atom. The molecule has 1 heterocycles. The lowest BCUT2D eigenvalue weighted by Crippen LogP contribution is -2.37. The van der Waals surface area contributed by atoms with Crippen LogP contribution in [0.4, 0.5) is 4.79 Å². The van der Waals surface area contributed by atoms with Crippen molar-refractivity contribution in [2.45, 2.75) is 32.4 Å². The minimum atomic E-state index is -0.732. The van der Waals surface area contributed by atoms with E-state index in [4.69, 9.17) is 16.3 Å². The molecule has 0 bridgehead atoms. The van der Waals surface area contributed by atoms with Crippen molar-refractivity contribution < 1.29 is 14.3 Å². The second-order valence-corrected chi connectivity index (χ2v) is 6.33. The number of aromatic nitrogens is 1. The number of ether oxygens (including phenoxy) is 1. The van der Waals surface area contributed by atoms with Gasteiger partial charge in [0.25, 0.3) is 0 Å². The molecule has 0 spiro atoms. The molecule has 0 N–H and O–H groups in total. The third-order valence-electron chi connectivity index (χ3n) is 2.01. The Morgan fingerprint density at radius 2 is 2.22 bits per heavy atom. The molecule has 0 aliphatic heterocycles. The van der Waals surface area contributed by atoms with Gasteiger partial charge in [-0.15, -0.1) is 11.3 Å². The first-order valence-electron chi connectivity index (χ1n) is 5.27. The predicted molar refractivity (Wildman–Crippen MR) is 69.9 cm³/mol. The summed E-state index contributed by atoms with van der Waals surface area (Å²) in [4.78, 5) is 28.6. The Hall–Kier alpha value is -1.14. The van der Waals surface area contributed by atoms with Gasteiger partial charge < -0.3 is 9.53 Å². The Bertz CT molecular complexity index is 442. The van der Waals surface area contributed by atoms with E-state index in [1.54, 1.807) is 20.8 Å². The molecule has 100 valence electrons. The standard InChI is InChI=1S/C11H15ClN2O3S/c1-11(2,3)17-10(16)14(4)7(6-15)8-5-13-9(12)18-8/h5-7H,1-4H3. The molecule has 7 heteroatoms. The molecule has 1 unspecified atom stereocenters. The molecule has 0 aliphatic carbocycles. The number of likely N-dealkylation sites (N-methyl/N-ethyl adjacent to an activating group) is 1. The van der Waals surface area contributed by atoms with Gasteiger partial charge in [-0.1, -0.05) is 11.6 Å². The van der Waals surface area contributed by atoms with E-state index in [9.17, 15) is 9.59 Å². The molecule has 0 radical (unpaired) electrons. The highest BCUT2D eigenvalue weighted by Crippen LogP contribution is 2.27. The van der Waals surface area contributed by atoms with Gasteiger partial charge in [-0.05, 0) is 20.8 Å². The first-order valence-corrected chi connectivity index (χ1v) is 6.46. The van der Waals surface area contributed by atoms with E-state index in [2.05, 4.69) is 4.98 Å². The van der Waals surface area contributed by atoms with Gasteiger partial charge in [-0.3, -0.25) is 4.90 Å². The SMILES string of the molecule is CN(C(=O)OC(C)(C)C)C(C=O)c1cnc(Cl)s1. The van der Waals surface area contributed by atoms with Gasteiger partial charge >= 0.3 is 6.09 Å². The van der Waals surface area contributed by atoms with E-state index in [0.717, 1.165) is 11.3 Å². The quantitative estimate of drug-likeness (QED) is 0.803. The molecule has 0 saturated heterocycles. The van der Waals surface area contributed by atoms with Crippen molar-refractivity contribution in [2.24, 2.45) is 0 Å². The second-order valence-electron chi connectivity index (χ2n) is 4.69. The third-order valence-corrected chi connectivity index (χ3v) is 3.20. The van der Waals surface area contributed by atoms with E-state index in [1.165, 1.54) is 18.1 Å². The lowest BCUT2D eigenvalue weighted by atomic mass is 10.2. The van der Waals surface area contributed by atoms with Crippen molar-refractivity contribution in [1.82, 2.24) is 9.88 Å². The van der Waals surface area contributed by atoms with Gasteiger partial charge in [0.1, 0.15) is 17.9 Å². The van der Waals surface area contributed by atoms with Crippen LogP contribution in [0.3, 0.4) is 0 Å². The summed E-state index contributed by atoms with van der Waals surface area (Å²) in [7, 11) is 1.50. The summed E-state index contributed by atoms with van der Waals surface area (Å²) in [6.45, 7) is 5.29. The Kier molecular flexibility index (Phi) is 4.70. The number of aldehydes is 1. The van der Waals surface area contributed by atoms with Crippen LogP contribution in [0.25, 0.3) is 0 Å². The van der Waals surface area contributed by atoms with Gasteiger partial charge in [0, 0.05) is 13.2 Å². The number of halogens is 1. The van der Waals surface area contributed by atoms with Crippen molar-refractivity contribution in [3.63, 3.8) is 0 Å². The molecule has 18 heavy (non-hydrogen) atoms. The van der Waals surface area contributed by atoms with Crippen molar-refractivity contribution in [2.75, 3.05) is 7.05 Å². The number of hydrogen-bond acceptors (Lipinski definition) is 5. The van der Waals surface area contributed by atoms with E-state index in [0.29, 0.717) is 15.6 Å². The zero-order chi connectivity index (χ0) is 13.9. The van der Waals surface area contributed by atoms with Crippen LogP contribution in [-0.2, 0) is 9.53 Å². The van der Waals surface area contributed by atoms with Gasteiger partial charge in [0.15, 0.2) is 4.47 Å².